The van der Waals surface area contributed by atoms with E-state index in [2.05, 4.69) is 54.5 Å². The quantitative estimate of drug-likeness (QED) is 0.261. The van der Waals surface area contributed by atoms with Gasteiger partial charge in [-0.2, -0.15) is 5.10 Å². The van der Waals surface area contributed by atoms with Crippen molar-refractivity contribution in [2.75, 3.05) is 50.8 Å². The molecule has 45 heavy (non-hydrogen) atoms. The fourth-order valence-electron chi connectivity index (χ4n) is 5.69. The van der Waals surface area contributed by atoms with Crippen LogP contribution >= 0.6 is 12.4 Å². The third-order valence-corrected chi connectivity index (χ3v) is 8.18. The molecule has 234 valence electrons. The van der Waals surface area contributed by atoms with Gasteiger partial charge >= 0.3 is 0 Å². The lowest BCUT2D eigenvalue weighted by Crippen LogP contribution is -2.47. The lowest BCUT2D eigenvalue weighted by molar-refractivity contribution is -0.130. The van der Waals surface area contributed by atoms with E-state index in [0.717, 1.165) is 49.4 Å². The highest BCUT2D eigenvalue weighted by Crippen LogP contribution is 2.22. The summed E-state index contributed by atoms with van der Waals surface area (Å²) < 4.78 is 9.55. The molecule has 1 atom stereocenters. The monoisotopic (exact) mass is 630 g/mol. The van der Waals surface area contributed by atoms with Crippen molar-refractivity contribution in [3.8, 4) is 22.4 Å². The van der Waals surface area contributed by atoms with Crippen molar-refractivity contribution in [2.45, 2.75) is 26.1 Å². The van der Waals surface area contributed by atoms with Gasteiger partial charge in [-0.1, -0.05) is 29.5 Å². The summed E-state index contributed by atoms with van der Waals surface area (Å²) in [6, 6.07) is 8.56. The number of nitrogens with zero attached hydrogens (tertiary/aromatic N) is 12. The number of aromatic nitrogens is 9. The van der Waals surface area contributed by atoms with Crippen LogP contribution in [0.5, 0.6) is 0 Å². The van der Waals surface area contributed by atoms with Crippen molar-refractivity contribution in [2.24, 2.45) is 7.05 Å². The van der Waals surface area contributed by atoms with Crippen LogP contribution in [0.15, 0.2) is 55.2 Å². The van der Waals surface area contributed by atoms with Crippen LogP contribution in [0.25, 0.3) is 33.7 Å². The SMILES string of the molecule is CC(=O)N1CCN(Cc2ccc(-c3cnc(N4CCOC(Cn5nnc6ncc(-c7cnn(C)c7)nc65)C4)nc3)cc2)CC1.Cl. The van der Waals surface area contributed by atoms with E-state index in [4.69, 9.17) is 19.7 Å². The average Bonchev–Trinajstić information content (AvgIpc) is 3.67. The van der Waals surface area contributed by atoms with Crippen LogP contribution in [-0.4, -0.2) is 112 Å². The lowest BCUT2D eigenvalue weighted by atomic mass is 10.1. The summed E-state index contributed by atoms with van der Waals surface area (Å²) in [5, 5.41) is 12.7. The number of amides is 1. The molecule has 0 N–H and O–H groups in total. The van der Waals surface area contributed by atoms with Crippen molar-refractivity contribution in [1.82, 2.24) is 54.5 Å². The van der Waals surface area contributed by atoms with Crippen LogP contribution in [0.1, 0.15) is 12.5 Å². The number of hydrogen-bond acceptors (Lipinski definition) is 11. The van der Waals surface area contributed by atoms with Crippen LogP contribution in [-0.2, 0) is 29.7 Å². The molecule has 1 aromatic carbocycles. The van der Waals surface area contributed by atoms with Crippen LogP contribution < -0.4 is 4.90 Å². The average molecular weight is 631 g/mol. The van der Waals surface area contributed by atoms with Gasteiger partial charge < -0.3 is 14.5 Å². The molecule has 2 aliphatic rings. The summed E-state index contributed by atoms with van der Waals surface area (Å²) in [7, 11) is 1.87. The van der Waals surface area contributed by atoms with E-state index in [1.807, 2.05) is 30.5 Å². The topological polar surface area (TPSA) is 136 Å². The minimum absolute atomic E-state index is 0. The zero-order chi connectivity index (χ0) is 30.0. The summed E-state index contributed by atoms with van der Waals surface area (Å²) in [4.78, 5) is 36.6. The van der Waals surface area contributed by atoms with Crippen LogP contribution in [0.4, 0.5) is 5.95 Å². The molecule has 0 bridgehead atoms. The second kappa shape index (κ2) is 13.2. The van der Waals surface area contributed by atoms with E-state index < -0.39 is 0 Å². The van der Waals surface area contributed by atoms with Gasteiger partial charge in [-0.05, 0) is 11.1 Å². The Morgan fingerprint density at radius 2 is 1.71 bits per heavy atom. The molecule has 0 saturated carbocycles. The number of carbonyl (C=O) groups excluding carboxylic acids is 1. The Morgan fingerprint density at radius 1 is 0.933 bits per heavy atom. The number of morpholine rings is 1. The zero-order valence-electron chi connectivity index (χ0n) is 25.2. The van der Waals surface area contributed by atoms with E-state index in [9.17, 15) is 4.79 Å². The van der Waals surface area contributed by atoms with Crippen molar-refractivity contribution < 1.29 is 9.53 Å². The van der Waals surface area contributed by atoms with E-state index in [0.29, 0.717) is 49.2 Å². The lowest BCUT2D eigenvalue weighted by Gasteiger charge is -2.34. The van der Waals surface area contributed by atoms with Crippen LogP contribution in [0.2, 0.25) is 0 Å². The van der Waals surface area contributed by atoms with Gasteiger partial charge in [0.15, 0.2) is 5.65 Å². The first-order valence-corrected chi connectivity index (χ1v) is 14.8. The van der Waals surface area contributed by atoms with Crippen LogP contribution in [0, 0.1) is 0 Å². The van der Waals surface area contributed by atoms with Gasteiger partial charge in [0.05, 0.1) is 37.3 Å². The van der Waals surface area contributed by atoms with E-state index in [-0.39, 0.29) is 24.4 Å². The van der Waals surface area contributed by atoms with Gasteiger partial charge in [0.1, 0.15) is 0 Å². The Labute approximate surface area is 266 Å². The summed E-state index contributed by atoms with van der Waals surface area (Å²) >= 11 is 0. The maximum atomic E-state index is 11.6. The number of benzene rings is 1. The molecule has 5 aromatic rings. The Bertz CT molecular complexity index is 1750. The van der Waals surface area contributed by atoms with Gasteiger partial charge in [-0.15, -0.1) is 17.5 Å². The van der Waals surface area contributed by atoms with Crippen molar-refractivity contribution in [3.05, 3.63) is 60.8 Å². The summed E-state index contributed by atoms with van der Waals surface area (Å²) in [6.07, 6.45) is 8.96. The third kappa shape index (κ3) is 6.77. The molecule has 1 unspecified atom stereocenters. The Hall–Kier alpha value is -4.53. The smallest absolute Gasteiger partial charge is 0.225 e. The highest BCUT2D eigenvalue weighted by atomic mass is 35.5. The number of piperazine rings is 1. The maximum absolute atomic E-state index is 11.6. The molecule has 7 rings (SSSR count). The molecule has 15 heteroatoms. The fraction of sp³-hybridized carbons (Fsp3) is 0.400. The fourth-order valence-corrected chi connectivity index (χ4v) is 5.69. The molecule has 2 saturated heterocycles. The summed E-state index contributed by atoms with van der Waals surface area (Å²) in [6.45, 7) is 8.25. The number of fused-ring (bicyclic) bond motifs is 1. The van der Waals surface area contributed by atoms with Gasteiger partial charge in [-0.3, -0.25) is 14.4 Å². The molecule has 2 fully saturated rings. The van der Waals surface area contributed by atoms with Crippen molar-refractivity contribution in [3.63, 3.8) is 0 Å². The first kappa shape index (κ1) is 30.5. The third-order valence-electron chi connectivity index (χ3n) is 8.18. The highest BCUT2D eigenvalue weighted by molar-refractivity contribution is 5.85. The largest absolute Gasteiger partial charge is 0.373 e. The maximum Gasteiger partial charge on any atom is 0.225 e. The molecule has 4 aromatic heterocycles. The molecule has 0 spiro atoms. The molecular weight excluding hydrogens is 596 g/mol. The molecule has 0 radical (unpaired) electrons. The number of aryl methyl sites for hydroxylation is 1. The van der Waals surface area contributed by atoms with Gasteiger partial charge in [0, 0.05) is 89.5 Å². The summed E-state index contributed by atoms with van der Waals surface area (Å²) in [5.41, 5.74) is 5.99. The van der Waals surface area contributed by atoms with Gasteiger partial charge in [0.2, 0.25) is 17.5 Å². The predicted octanol–water partition coefficient (Wildman–Crippen LogP) is 2.07. The Morgan fingerprint density at radius 3 is 2.42 bits per heavy atom. The second-order valence-corrected chi connectivity index (χ2v) is 11.3. The molecule has 2 aliphatic heterocycles. The standard InChI is InChI=1S/C30H34N12O2.ClH/c1-21(43)40-9-7-39(8-10-40)17-22-3-5-23(6-4-22)24-13-32-30(33-14-24)41-11-12-44-26(19-41)20-42-29-28(36-37-42)31-16-27(35-29)25-15-34-38(2)18-25;/h3-6,13-16,18,26H,7-12,17,19-20H2,1-2H3;1H. The molecule has 0 aliphatic carbocycles. The minimum Gasteiger partial charge on any atom is -0.373 e. The molecular formula is C30H35ClN12O2. The first-order chi connectivity index (χ1) is 21.5. The molecule has 6 heterocycles. The number of anilines is 1. The molecule has 14 nitrogen and oxygen atoms in total. The molecule has 1 amide bonds. The summed E-state index contributed by atoms with van der Waals surface area (Å²) in [5.74, 6) is 0.827. The van der Waals surface area contributed by atoms with E-state index >= 15 is 0 Å². The van der Waals surface area contributed by atoms with E-state index in [1.165, 1.54) is 5.56 Å². The van der Waals surface area contributed by atoms with Crippen molar-refractivity contribution >= 4 is 35.6 Å². The predicted molar refractivity (Wildman–Crippen MR) is 170 cm³/mol. The first-order valence-electron chi connectivity index (χ1n) is 14.8. The normalized spacial score (nSPS) is 17.4. The number of hydrogen-bond donors (Lipinski definition) is 0. The van der Waals surface area contributed by atoms with Gasteiger partial charge in [-0.25, -0.2) is 24.6 Å². The number of ether oxygens (including phenoxy) is 1. The van der Waals surface area contributed by atoms with Gasteiger partial charge in [0.25, 0.3) is 0 Å². The number of carbonyl (C=O) groups is 1. The highest BCUT2D eigenvalue weighted by Gasteiger charge is 2.25. The van der Waals surface area contributed by atoms with E-state index in [1.54, 1.807) is 28.7 Å². The number of halogens is 1. The number of rotatable bonds is 7. The van der Waals surface area contributed by atoms with Crippen molar-refractivity contribution in [1.29, 1.82) is 0 Å². The zero-order valence-corrected chi connectivity index (χ0v) is 26.0. The minimum atomic E-state index is -0.140. The second-order valence-electron chi connectivity index (χ2n) is 11.3. The Kier molecular flexibility index (Phi) is 8.96. The van der Waals surface area contributed by atoms with Crippen LogP contribution in [0.3, 0.4) is 0 Å². The Balaban J connectivity index is 0.00000357.